The zero-order valence-electron chi connectivity index (χ0n) is 10.9. The van der Waals surface area contributed by atoms with Crippen molar-refractivity contribution in [3.8, 4) is 0 Å². The predicted molar refractivity (Wildman–Crippen MR) is 75.5 cm³/mol. The van der Waals surface area contributed by atoms with Crippen LogP contribution >= 0.6 is 0 Å². The second-order valence-electron chi connectivity index (χ2n) is 5.00. The van der Waals surface area contributed by atoms with Crippen molar-refractivity contribution in [3.05, 3.63) is 60.2 Å². The maximum absolute atomic E-state index is 11.6. The van der Waals surface area contributed by atoms with Gasteiger partial charge in [-0.3, -0.25) is 4.79 Å². The first kappa shape index (κ1) is 12.8. The van der Waals surface area contributed by atoms with Crippen LogP contribution in [0, 0.1) is 5.92 Å². The third-order valence-corrected chi connectivity index (χ3v) is 3.60. The summed E-state index contributed by atoms with van der Waals surface area (Å²) in [4.78, 5) is 11.6. The monoisotopic (exact) mass is 240 g/mol. The van der Waals surface area contributed by atoms with E-state index in [-0.39, 0.29) is 11.7 Å². The molecule has 1 aromatic carbocycles. The van der Waals surface area contributed by atoms with Crippen molar-refractivity contribution in [1.29, 1.82) is 0 Å². The van der Waals surface area contributed by atoms with Gasteiger partial charge in [0.1, 0.15) is 0 Å². The third-order valence-electron chi connectivity index (χ3n) is 3.60. The molecular weight excluding hydrogens is 220 g/mol. The summed E-state index contributed by atoms with van der Waals surface area (Å²) in [6, 6.07) is 10.6. The van der Waals surface area contributed by atoms with Crippen LogP contribution in [0.4, 0.5) is 0 Å². The number of hydrogen-bond acceptors (Lipinski definition) is 1. The molecule has 2 rings (SSSR count). The zero-order chi connectivity index (χ0) is 12.8. The van der Waals surface area contributed by atoms with Crippen molar-refractivity contribution in [1.82, 2.24) is 0 Å². The molecule has 0 radical (unpaired) electrons. The molecule has 18 heavy (non-hydrogen) atoms. The normalized spacial score (nSPS) is 20.1. The van der Waals surface area contributed by atoms with E-state index in [4.69, 9.17) is 0 Å². The Bertz CT molecular complexity index is 442. The second kappa shape index (κ2) is 6.34. The molecule has 1 heteroatoms. The molecular formula is C17H20O. The summed E-state index contributed by atoms with van der Waals surface area (Å²) in [7, 11) is 0. The molecule has 1 aromatic rings. The van der Waals surface area contributed by atoms with Crippen molar-refractivity contribution < 1.29 is 4.79 Å². The van der Waals surface area contributed by atoms with E-state index in [1.807, 2.05) is 24.3 Å². The highest BCUT2D eigenvalue weighted by Crippen LogP contribution is 2.23. The van der Waals surface area contributed by atoms with E-state index in [9.17, 15) is 4.79 Å². The summed E-state index contributed by atoms with van der Waals surface area (Å²) in [5.41, 5.74) is 1.39. The largest absolute Gasteiger partial charge is 0.294 e. The summed E-state index contributed by atoms with van der Waals surface area (Å²) in [5.74, 6) is 0.937. The van der Waals surface area contributed by atoms with Crippen LogP contribution in [-0.2, 0) is 4.79 Å². The van der Waals surface area contributed by atoms with Crippen molar-refractivity contribution in [3.63, 3.8) is 0 Å². The van der Waals surface area contributed by atoms with Gasteiger partial charge in [-0.05, 0) is 30.4 Å². The number of rotatable bonds is 5. The van der Waals surface area contributed by atoms with Crippen molar-refractivity contribution >= 4 is 5.78 Å². The van der Waals surface area contributed by atoms with Gasteiger partial charge in [-0.1, -0.05) is 61.9 Å². The van der Waals surface area contributed by atoms with Crippen molar-refractivity contribution in [2.24, 2.45) is 5.92 Å². The number of carbonyl (C=O) groups excluding carboxylic acids is 1. The standard InChI is InChI=1S/C17H20O/c1-14(15-9-3-2-4-10-15)8-7-12-16-11-5-6-13-17(16)18/h2-6,9-11,13-14,16H,7-8,12H2,1H3. The topological polar surface area (TPSA) is 17.1 Å². The van der Waals surface area contributed by atoms with E-state index >= 15 is 0 Å². The number of carbonyl (C=O) groups is 1. The molecule has 0 fully saturated rings. The van der Waals surface area contributed by atoms with Crippen LogP contribution in [0.2, 0.25) is 0 Å². The molecule has 0 heterocycles. The van der Waals surface area contributed by atoms with Crippen LogP contribution in [0.25, 0.3) is 0 Å². The molecule has 0 spiro atoms. The van der Waals surface area contributed by atoms with Crippen LogP contribution in [0.1, 0.15) is 37.7 Å². The van der Waals surface area contributed by atoms with Crippen molar-refractivity contribution in [2.75, 3.05) is 0 Å². The average molecular weight is 240 g/mol. The summed E-state index contributed by atoms with van der Waals surface area (Å²) < 4.78 is 0. The Hall–Kier alpha value is -1.63. The quantitative estimate of drug-likeness (QED) is 0.751. The molecule has 0 saturated carbocycles. The van der Waals surface area contributed by atoms with Crippen LogP contribution in [0.5, 0.6) is 0 Å². The molecule has 94 valence electrons. The van der Waals surface area contributed by atoms with Gasteiger partial charge in [-0.15, -0.1) is 0 Å². The molecule has 0 aromatic heterocycles. The minimum absolute atomic E-state index is 0.109. The minimum Gasteiger partial charge on any atom is -0.294 e. The zero-order valence-corrected chi connectivity index (χ0v) is 10.9. The number of allylic oxidation sites excluding steroid dienone is 4. The predicted octanol–water partition coefficient (Wildman–Crippen LogP) is 4.27. The van der Waals surface area contributed by atoms with Gasteiger partial charge in [-0.25, -0.2) is 0 Å². The molecule has 0 amide bonds. The lowest BCUT2D eigenvalue weighted by molar-refractivity contribution is -0.117. The van der Waals surface area contributed by atoms with E-state index in [1.165, 1.54) is 5.56 Å². The Balaban J connectivity index is 1.77. The molecule has 2 unspecified atom stereocenters. The molecule has 0 N–H and O–H groups in total. The lowest BCUT2D eigenvalue weighted by Crippen LogP contribution is -2.11. The summed E-state index contributed by atoms with van der Waals surface area (Å²) in [6.07, 6.45) is 10.7. The first-order valence-electron chi connectivity index (χ1n) is 6.71. The summed E-state index contributed by atoms with van der Waals surface area (Å²) >= 11 is 0. The number of hydrogen-bond donors (Lipinski definition) is 0. The van der Waals surface area contributed by atoms with Crippen LogP contribution in [-0.4, -0.2) is 5.78 Å². The van der Waals surface area contributed by atoms with E-state index in [0.29, 0.717) is 5.92 Å². The van der Waals surface area contributed by atoms with Crippen LogP contribution < -0.4 is 0 Å². The van der Waals surface area contributed by atoms with Gasteiger partial charge in [0, 0.05) is 5.92 Å². The molecule has 1 aliphatic rings. The Morgan fingerprint density at radius 2 is 1.94 bits per heavy atom. The smallest absolute Gasteiger partial charge is 0.162 e. The van der Waals surface area contributed by atoms with Crippen LogP contribution in [0.3, 0.4) is 0 Å². The highest BCUT2D eigenvalue weighted by molar-refractivity contribution is 5.94. The van der Waals surface area contributed by atoms with E-state index in [1.54, 1.807) is 6.08 Å². The molecule has 0 bridgehead atoms. The molecule has 2 atom stereocenters. The van der Waals surface area contributed by atoms with Crippen LogP contribution in [0.15, 0.2) is 54.6 Å². The lowest BCUT2D eigenvalue weighted by Gasteiger charge is -2.14. The van der Waals surface area contributed by atoms with Gasteiger partial charge in [0.2, 0.25) is 0 Å². The molecule has 1 aliphatic carbocycles. The maximum Gasteiger partial charge on any atom is 0.162 e. The molecule has 0 aliphatic heterocycles. The Labute approximate surface area is 109 Å². The Kier molecular flexibility index (Phi) is 4.52. The molecule has 1 nitrogen and oxygen atoms in total. The lowest BCUT2D eigenvalue weighted by atomic mass is 9.90. The fraction of sp³-hybridized carbons (Fsp3) is 0.353. The van der Waals surface area contributed by atoms with Gasteiger partial charge in [0.05, 0.1) is 0 Å². The van der Waals surface area contributed by atoms with Gasteiger partial charge in [0.15, 0.2) is 5.78 Å². The van der Waals surface area contributed by atoms with Gasteiger partial charge in [-0.2, -0.15) is 0 Å². The maximum atomic E-state index is 11.6. The Morgan fingerprint density at radius 3 is 2.67 bits per heavy atom. The number of ketones is 1. The second-order valence-corrected chi connectivity index (χ2v) is 5.00. The van der Waals surface area contributed by atoms with E-state index < -0.39 is 0 Å². The fourth-order valence-electron chi connectivity index (χ4n) is 2.40. The van der Waals surface area contributed by atoms with E-state index in [0.717, 1.165) is 19.3 Å². The van der Waals surface area contributed by atoms with Crippen molar-refractivity contribution in [2.45, 2.75) is 32.1 Å². The first-order valence-corrected chi connectivity index (χ1v) is 6.71. The van der Waals surface area contributed by atoms with E-state index in [2.05, 4.69) is 31.2 Å². The average Bonchev–Trinajstić information content (AvgIpc) is 2.42. The summed E-state index contributed by atoms with van der Waals surface area (Å²) in [5, 5.41) is 0. The molecule has 0 saturated heterocycles. The number of benzene rings is 1. The van der Waals surface area contributed by atoms with Gasteiger partial charge < -0.3 is 0 Å². The first-order chi connectivity index (χ1) is 8.77. The third kappa shape index (κ3) is 3.43. The Morgan fingerprint density at radius 1 is 1.17 bits per heavy atom. The fourth-order valence-corrected chi connectivity index (χ4v) is 2.40. The highest BCUT2D eigenvalue weighted by atomic mass is 16.1. The van der Waals surface area contributed by atoms with Gasteiger partial charge in [0.25, 0.3) is 0 Å². The SMILES string of the molecule is CC(CCCC1C=CC=CC1=O)c1ccccc1. The minimum atomic E-state index is 0.109. The van der Waals surface area contributed by atoms with Gasteiger partial charge >= 0.3 is 0 Å². The highest BCUT2D eigenvalue weighted by Gasteiger charge is 2.14. The summed E-state index contributed by atoms with van der Waals surface area (Å²) in [6.45, 7) is 2.26.